The van der Waals surface area contributed by atoms with Gasteiger partial charge in [0.1, 0.15) is 12.3 Å². The van der Waals surface area contributed by atoms with Crippen LogP contribution in [-0.4, -0.2) is 73.9 Å². The van der Waals surface area contributed by atoms with E-state index >= 15 is 0 Å². The fourth-order valence-electron chi connectivity index (χ4n) is 4.99. The highest BCUT2D eigenvalue weighted by Crippen LogP contribution is 2.32. The quantitative estimate of drug-likeness (QED) is 0.341. The Labute approximate surface area is 222 Å². The summed E-state index contributed by atoms with van der Waals surface area (Å²) in [5, 5.41) is 22.1. The summed E-state index contributed by atoms with van der Waals surface area (Å²) < 4.78 is 6.49. The fraction of sp³-hybridized carbons (Fsp3) is 0.310. The molecule has 3 aromatic carbocycles. The number of ether oxygens (including phenoxy) is 1. The van der Waals surface area contributed by atoms with Gasteiger partial charge >= 0.3 is 5.97 Å². The fourth-order valence-corrected chi connectivity index (χ4v) is 4.99. The molecule has 9 heteroatoms. The summed E-state index contributed by atoms with van der Waals surface area (Å²) >= 11 is 0. The van der Waals surface area contributed by atoms with Crippen molar-refractivity contribution in [2.45, 2.75) is 26.1 Å². The number of tetrazole rings is 1. The smallest absolute Gasteiger partial charge is 0.327 e. The molecule has 196 valence electrons. The zero-order valence-electron chi connectivity index (χ0n) is 21.5. The van der Waals surface area contributed by atoms with Crippen LogP contribution < -0.4 is 0 Å². The minimum Gasteiger partial charge on any atom is -0.508 e. The maximum atomic E-state index is 12.0. The van der Waals surface area contributed by atoms with Crippen LogP contribution in [0.25, 0.3) is 11.4 Å². The van der Waals surface area contributed by atoms with E-state index in [1.807, 2.05) is 30.3 Å². The highest BCUT2D eigenvalue weighted by atomic mass is 16.5. The molecule has 0 unspecified atom stereocenters. The molecule has 0 bridgehead atoms. The summed E-state index contributed by atoms with van der Waals surface area (Å²) in [7, 11) is 0. The minimum absolute atomic E-state index is 0.00875. The molecule has 1 aromatic heterocycles. The van der Waals surface area contributed by atoms with E-state index in [2.05, 4.69) is 67.8 Å². The average molecular weight is 513 g/mol. The largest absolute Gasteiger partial charge is 0.508 e. The van der Waals surface area contributed by atoms with Crippen molar-refractivity contribution in [1.29, 1.82) is 0 Å². The van der Waals surface area contributed by atoms with Crippen molar-refractivity contribution in [3.63, 3.8) is 0 Å². The first-order valence-corrected chi connectivity index (χ1v) is 12.9. The van der Waals surface area contributed by atoms with Crippen molar-refractivity contribution in [3.8, 4) is 17.1 Å². The Morgan fingerprint density at radius 1 is 0.947 bits per heavy atom. The maximum absolute atomic E-state index is 12.0. The maximum Gasteiger partial charge on any atom is 0.327 e. The second-order valence-electron chi connectivity index (χ2n) is 9.38. The molecule has 4 aromatic rings. The van der Waals surface area contributed by atoms with Crippen LogP contribution >= 0.6 is 0 Å². The van der Waals surface area contributed by atoms with Crippen molar-refractivity contribution in [2.75, 3.05) is 32.8 Å². The van der Waals surface area contributed by atoms with Crippen LogP contribution in [-0.2, 0) is 22.6 Å². The van der Waals surface area contributed by atoms with Gasteiger partial charge in [0, 0.05) is 38.3 Å². The van der Waals surface area contributed by atoms with Crippen molar-refractivity contribution in [1.82, 2.24) is 30.0 Å². The van der Waals surface area contributed by atoms with E-state index < -0.39 is 0 Å². The number of esters is 1. The summed E-state index contributed by atoms with van der Waals surface area (Å²) in [4.78, 5) is 16.9. The van der Waals surface area contributed by atoms with Crippen LogP contribution in [0.5, 0.6) is 5.75 Å². The summed E-state index contributed by atoms with van der Waals surface area (Å²) in [5.41, 5.74) is 4.29. The predicted molar refractivity (Wildman–Crippen MR) is 143 cm³/mol. The van der Waals surface area contributed by atoms with Gasteiger partial charge < -0.3 is 9.84 Å². The highest BCUT2D eigenvalue weighted by molar-refractivity contribution is 5.70. The summed E-state index contributed by atoms with van der Waals surface area (Å²) in [6.07, 6.45) is 0. The van der Waals surface area contributed by atoms with Gasteiger partial charge in [0.2, 0.25) is 0 Å². The highest BCUT2D eigenvalue weighted by Gasteiger charge is 2.27. The zero-order valence-corrected chi connectivity index (χ0v) is 21.5. The number of phenols is 1. The van der Waals surface area contributed by atoms with Crippen LogP contribution in [0.2, 0.25) is 0 Å². The minimum atomic E-state index is -0.381. The Morgan fingerprint density at radius 3 is 2.42 bits per heavy atom. The van der Waals surface area contributed by atoms with Gasteiger partial charge in [0.05, 0.1) is 12.6 Å². The molecule has 2 heterocycles. The molecular formula is C29H32N6O3. The van der Waals surface area contributed by atoms with Gasteiger partial charge in [-0.3, -0.25) is 14.6 Å². The molecule has 9 nitrogen and oxygen atoms in total. The van der Waals surface area contributed by atoms with Crippen LogP contribution in [0.15, 0.2) is 78.9 Å². The monoisotopic (exact) mass is 512 g/mol. The molecule has 1 atom stereocenters. The van der Waals surface area contributed by atoms with Crippen molar-refractivity contribution < 1.29 is 14.6 Å². The molecule has 0 radical (unpaired) electrons. The second kappa shape index (κ2) is 12.0. The summed E-state index contributed by atoms with van der Waals surface area (Å²) in [6, 6.07) is 26.2. The average Bonchev–Trinajstić information content (AvgIpc) is 3.39. The zero-order chi connectivity index (χ0) is 26.3. The van der Waals surface area contributed by atoms with Gasteiger partial charge in [-0.05, 0) is 46.2 Å². The van der Waals surface area contributed by atoms with Gasteiger partial charge in [-0.2, -0.15) is 0 Å². The second-order valence-corrected chi connectivity index (χ2v) is 9.38. The summed E-state index contributed by atoms with van der Waals surface area (Å²) in [5.74, 6) is 0.381. The van der Waals surface area contributed by atoms with Gasteiger partial charge in [0.25, 0.3) is 0 Å². The Bertz CT molecular complexity index is 1330. The molecule has 5 rings (SSSR count). The first-order chi connectivity index (χ1) is 18.6. The Kier molecular flexibility index (Phi) is 8.06. The van der Waals surface area contributed by atoms with Crippen LogP contribution in [0.1, 0.15) is 29.7 Å². The van der Waals surface area contributed by atoms with Crippen molar-refractivity contribution >= 4 is 5.97 Å². The topological polar surface area (TPSA) is 96.6 Å². The molecule has 1 N–H and O–H groups in total. The van der Waals surface area contributed by atoms with E-state index in [4.69, 9.17) is 4.74 Å². The number of carbonyl (C=O) groups excluding carboxylic acids is 1. The predicted octanol–water partition coefficient (Wildman–Crippen LogP) is 3.52. The first kappa shape index (κ1) is 25.6. The van der Waals surface area contributed by atoms with E-state index in [0.29, 0.717) is 12.4 Å². The number of nitrogens with zero attached hydrogens (tertiary/aromatic N) is 6. The molecule has 1 aliphatic heterocycles. The van der Waals surface area contributed by atoms with E-state index in [9.17, 15) is 9.90 Å². The van der Waals surface area contributed by atoms with Gasteiger partial charge in [0.15, 0.2) is 5.82 Å². The number of aromatic nitrogens is 4. The molecule has 0 spiro atoms. The van der Waals surface area contributed by atoms with Crippen LogP contribution in [0.4, 0.5) is 0 Å². The third-order valence-corrected chi connectivity index (χ3v) is 6.81. The number of hydrogen-bond acceptors (Lipinski definition) is 8. The Morgan fingerprint density at radius 2 is 1.71 bits per heavy atom. The SMILES string of the molecule is CCOC(=O)Cn1nnnc1-c1ccc([C@H](c2cccc(O)c2)N2CCN(Cc3ccccc3)CC2)cc1. The number of phenolic OH excluding ortho intramolecular Hbond substituents is 1. The van der Waals surface area contributed by atoms with Crippen LogP contribution in [0.3, 0.4) is 0 Å². The number of aromatic hydroxyl groups is 1. The third-order valence-electron chi connectivity index (χ3n) is 6.81. The van der Waals surface area contributed by atoms with Gasteiger partial charge in [-0.1, -0.05) is 66.7 Å². The molecule has 38 heavy (non-hydrogen) atoms. The van der Waals surface area contributed by atoms with Gasteiger partial charge in [-0.25, -0.2) is 4.68 Å². The lowest BCUT2D eigenvalue weighted by Crippen LogP contribution is -2.47. The lowest BCUT2D eigenvalue weighted by atomic mass is 9.95. The van der Waals surface area contributed by atoms with E-state index in [1.165, 1.54) is 10.2 Å². The van der Waals surface area contributed by atoms with E-state index in [-0.39, 0.29) is 24.3 Å². The van der Waals surface area contributed by atoms with Gasteiger partial charge in [-0.15, -0.1) is 5.10 Å². The first-order valence-electron chi connectivity index (χ1n) is 12.9. The molecule has 1 fully saturated rings. The van der Waals surface area contributed by atoms with E-state index in [0.717, 1.165) is 49.4 Å². The standard InChI is InChI=1S/C29H32N6O3/c1-2-38-27(37)21-35-29(30-31-32-35)24-13-11-23(12-14-24)28(25-9-6-10-26(36)19-25)34-17-15-33(16-18-34)20-22-7-4-3-5-8-22/h3-14,19,28,36H,2,15-18,20-21H2,1H3/t28-/m1/s1. The Balaban J connectivity index is 1.35. The molecular weight excluding hydrogens is 480 g/mol. The lowest BCUT2D eigenvalue weighted by molar-refractivity contribution is -0.144. The molecule has 0 aliphatic carbocycles. The molecule has 1 saturated heterocycles. The lowest BCUT2D eigenvalue weighted by Gasteiger charge is -2.40. The van der Waals surface area contributed by atoms with Crippen molar-refractivity contribution in [2.24, 2.45) is 0 Å². The van der Waals surface area contributed by atoms with E-state index in [1.54, 1.807) is 13.0 Å². The molecule has 1 aliphatic rings. The van der Waals surface area contributed by atoms with Crippen LogP contribution in [0, 0.1) is 0 Å². The third kappa shape index (κ3) is 6.07. The van der Waals surface area contributed by atoms with Crippen molar-refractivity contribution in [3.05, 3.63) is 95.6 Å². The molecule has 0 amide bonds. The number of hydrogen-bond donors (Lipinski definition) is 1. The number of benzene rings is 3. The molecule has 0 saturated carbocycles. The number of carbonyl (C=O) groups is 1. The number of rotatable bonds is 9. The Hall–Kier alpha value is -4.08. The normalized spacial score (nSPS) is 15.3. The number of piperazine rings is 1. The summed E-state index contributed by atoms with van der Waals surface area (Å²) in [6.45, 7) is 6.72.